The van der Waals surface area contributed by atoms with Gasteiger partial charge in [-0.3, -0.25) is 9.59 Å². The number of anilines is 1. The van der Waals surface area contributed by atoms with E-state index in [9.17, 15) is 9.59 Å². The van der Waals surface area contributed by atoms with Gasteiger partial charge >= 0.3 is 0 Å². The van der Waals surface area contributed by atoms with Gasteiger partial charge in [0.05, 0.1) is 21.4 Å². The third-order valence-electron chi connectivity index (χ3n) is 5.50. The molecule has 5 nitrogen and oxygen atoms in total. The summed E-state index contributed by atoms with van der Waals surface area (Å²) in [5, 5.41) is 3.40. The lowest BCUT2D eigenvalue weighted by Crippen LogP contribution is -2.47. The largest absolute Gasteiger partial charge is 0.322 e. The maximum Gasteiger partial charge on any atom is 0.272 e. The summed E-state index contributed by atoms with van der Waals surface area (Å²) in [4.78, 5) is 32.8. The topological polar surface area (TPSA) is 61.8 Å². The number of carbonyl (C=O) groups excluding carboxylic acids is 2. The van der Waals surface area contributed by atoms with Crippen molar-refractivity contribution in [3.63, 3.8) is 0 Å². The van der Waals surface area contributed by atoms with Gasteiger partial charge in [0.25, 0.3) is 11.8 Å². The maximum atomic E-state index is 13.4. The molecule has 5 rings (SSSR count). The summed E-state index contributed by atoms with van der Waals surface area (Å²) in [6, 6.07) is 20.3. The summed E-state index contributed by atoms with van der Waals surface area (Å²) < 4.78 is 0. The van der Waals surface area contributed by atoms with Crippen LogP contribution in [0.25, 0.3) is 0 Å². The number of nitrogens with zero attached hydrogens (tertiary/aromatic N) is 2. The zero-order chi connectivity index (χ0) is 21.5. The Labute approximate surface area is 189 Å². The summed E-state index contributed by atoms with van der Waals surface area (Å²) in [6.45, 7) is 0.557. The maximum absolute atomic E-state index is 13.4. The molecule has 2 heterocycles. The van der Waals surface area contributed by atoms with Gasteiger partial charge in [-0.1, -0.05) is 71.7 Å². The van der Waals surface area contributed by atoms with E-state index >= 15 is 0 Å². The molecule has 0 spiro atoms. The predicted octanol–water partition coefficient (Wildman–Crippen LogP) is 4.49. The Bertz CT molecular complexity index is 1240. The van der Waals surface area contributed by atoms with Crippen molar-refractivity contribution in [3.8, 4) is 0 Å². The number of carbonyl (C=O) groups is 2. The molecule has 3 aromatic rings. The fourth-order valence-corrected chi connectivity index (χ4v) is 4.33. The number of benzene rings is 3. The van der Waals surface area contributed by atoms with Crippen LogP contribution in [0, 0.1) is 0 Å². The zero-order valence-electron chi connectivity index (χ0n) is 16.3. The van der Waals surface area contributed by atoms with Gasteiger partial charge in [0.2, 0.25) is 6.17 Å². The standard InChI is InChI=1S/C24H17Cl2N3O2/c25-18-10-9-16(13-19(18)26)23(30)28-22-24(31)29-12-11-15-7-4-8-17(21(15)29)20(27-22)14-5-2-1-3-6-14/h1-10,13,22H,11-12H2,(H,28,30)/t22-/m0/s1. The number of amides is 2. The number of hydrogen-bond donors (Lipinski definition) is 1. The van der Waals surface area contributed by atoms with Gasteiger partial charge in [-0.25, -0.2) is 4.99 Å². The summed E-state index contributed by atoms with van der Waals surface area (Å²) >= 11 is 12.0. The Hall–Kier alpha value is -3.15. The minimum absolute atomic E-state index is 0.259. The highest BCUT2D eigenvalue weighted by Gasteiger charge is 2.37. The number of hydrogen-bond acceptors (Lipinski definition) is 3. The van der Waals surface area contributed by atoms with Crippen molar-refractivity contribution < 1.29 is 9.59 Å². The minimum Gasteiger partial charge on any atom is -0.322 e. The SMILES string of the molecule is O=C(N[C@@H]1N=C(c2ccccc2)c2cccc3c2N(CC3)C1=O)c1ccc(Cl)c(Cl)c1. The van der Waals surface area contributed by atoms with Crippen LogP contribution >= 0.6 is 23.2 Å². The van der Waals surface area contributed by atoms with Gasteiger partial charge in [-0.15, -0.1) is 0 Å². The molecule has 31 heavy (non-hydrogen) atoms. The molecule has 0 bridgehead atoms. The Morgan fingerprint density at radius 3 is 2.58 bits per heavy atom. The molecule has 0 aromatic heterocycles. The molecular weight excluding hydrogens is 433 g/mol. The first-order valence-corrected chi connectivity index (χ1v) is 10.6. The smallest absolute Gasteiger partial charge is 0.272 e. The van der Waals surface area contributed by atoms with E-state index in [1.807, 2.05) is 48.5 Å². The van der Waals surface area contributed by atoms with Crippen LogP contribution in [-0.4, -0.2) is 30.2 Å². The second-order valence-electron chi connectivity index (χ2n) is 7.40. The third-order valence-corrected chi connectivity index (χ3v) is 6.24. The molecule has 0 saturated heterocycles. The van der Waals surface area contributed by atoms with E-state index in [-0.39, 0.29) is 10.9 Å². The molecule has 0 saturated carbocycles. The molecule has 154 valence electrons. The van der Waals surface area contributed by atoms with E-state index in [4.69, 9.17) is 28.2 Å². The molecule has 2 aliphatic heterocycles. The van der Waals surface area contributed by atoms with E-state index in [0.717, 1.165) is 28.8 Å². The van der Waals surface area contributed by atoms with Crippen molar-refractivity contribution in [2.75, 3.05) is 11.4 Å². The first-order chi connectivity index (χ1) is 15.0. The fourth-order valence-electron chi connectivity index (χ4n) is 4.03. The van der Waals surface area contributed by atoms with Gasteiger partial charge in [0, 0.05) is 23.2 Å². The Morgan fingerprint density at radius 2 is 1.81 bits per heavy atom. The monoisotopic (exact) mass is 449 g/mol. The summed E-state index contributed by atoms with van der Waals surface area (Å²) in [5.41, 5.74) is 4.73. The molecular formula is C24H17Cl2N3O2. The van der Waals surface area contributed by atoms with E-state index in [1.54, 1.807) is 17.0 Å². The first kappa shape index (κ1) is 19.8. The second kappa shape index (κ2) is 7.84. The van der Waals surface area contributed by atoms with Gasteiger partial charge < -0.3 is 10.2 Å². The quantitative estimate of drug-likeness (QED) is 0.639. The van der Waals surface area contributed by atoms with Crippen molar-refractivity contribution in [1.29, 1.82) is 0 Å². The Balaban J connectivity index is 1.59. The van der Waals surface area contributed by atoms with E-state index in [1.165, 1.54) is 6.07 Å². The van der Waals surface area contributed by atoms with Crippen molar-refractivity contribution in [1.82, 2.24) is 5.32 Å². The lowest BCUT2D eigenvalue weighted by Gasteiger charge is -2.21. The highest BCUT2D eigenvalue weighted by molar-refractivity contribution is 6.42. The van der Waals surface area contributed by atoms with Crippen molar-refractivity contribution in [3.05, 3.63) is 99.0 Å². The molecule has 0 aliphatic carbocycles. The van der Waals surface area contributed by atoms with Crippen molar-refractivity contribution in [2.45, 2.75) is 12.6 Å². The van der Waals surface area contributed by atoms with Crippen LogP contribution in [0.4, 0.5) is 5.69 Å². The van der Waals surface area contributed by atoms with Crippen molar-refractivity contribution in [2.24, 2.45) is 4.99 Å². The highest BCUT2D eigenvalue weighted by Crippen LogP contribution is 2.36. The lowest BCUT2D eigenvalue weighted by molar-refractivity contribution is -0.120. The van der Waals surface area contributed by atoms with E-state index in [0.29, 0.717) is 22.8 Å². The van der Waals surface area contributed by atoms with Crippen LogP contribution < -0.4 is 10.2 Å². The average Bonchev–Trinajstić information content (AvgIpc) is 3.18. The van der Waals surface area contributed by atoms with Crippen LogP contribution in [0.3, 0.4) is 0 Å². The van der Waals surface area contributed by atoms with Gasteiger partial charge in [-0.2, -0.15) is 0 Å². The van der Waals surface area contributed by atoms with Crippen LogP contribution in [0.15, 0.2) is 71.7 Å². The molecule has 1 N–H and O–H groups in total. The van der Waals surface area contributed by atoms with Crippen LogP contribution in [0.5, 0.6) is 0 Å². The summed E-state index contributed by atoms with van der Waals surface area (Å²) in [5.74, 6) is -0.705. The van der Waals surface area contributed by atoms with Gasteiger partial charge in [-0.05, 0) is 30.2 Å². The molecule has 0 radical (unpaired) electrons. The van der Waals surface area contributed by atoms with Crippen LogP contribution in [0.2, 0.25) is 10.0 Å². The summed E-state index contributed by atoms with van der Waals surface area (Å²) in [7, 11) is 0. The molecule has 7 heteroatoms. The third kappa shape index (κ3) is 3.50. The molecule has 2 aliphatic rings. The number of rotatable bonds is 3. The Morgan fingerprint density at radius 1 is 1.00 bits per heavy atom. The fraction of sp³-hybridized carbons (Fsp3) is 0.125. The molecule has 0 unspecified atom stereocenters. The number of nitrogens with one attached hydrogen (secondary N) is 1. The van der Waals surface area contributed by atoms with Crippen molar-refractivity contribution >= 4 is 46.4 Å². The zero-order valence-corrected chi connectivity index (χ0v) is 17.8. The number of para-hydroxylation sites is 1. The predicted molar refractivity (Wildman–Crippen MR) is 122 cm³/mol. The van der Waals surface area contributed by atoms with Gasteiger partial charge in [0.15, 0.2) is 0 Å². The van der Waals surface area contributed by atoms with Gasteiger partial charge in [0.1, 0.15) is 0 Å². The number of halogens is 2. The molecule has 2 amide bonds. The second-order valence-corrected chi connectivity index (χ2v) is 8.22. The molecule has 1 atom stereocenters. The highest BCUT2D eigenvalue weighted by atomic mass is 35.5. The first-order valence-electron chi connectivity index (χ1n) is 9.86. The normalized spacial score (nSPS) is 17.1. The lowest BCUT2D eigenvalue weighted by atomic mass is 9.98. The van der Waals surface area contributed by atoms with E-state index < -0.39 is 12.1 Å². The van der Waals surface area contributed by atoms with Crippen LogP contribution in [-0.2, 0) is 11.2 Å². The molecule has 0 fully saturated rings. The summed E-state index contributed by atoms with van der Waals surface area (Å²) in [6.07, 6.45) is -0.291. The average molecular weight is 450 g/mol. The number of aliphatic imine (C=N–C) groups is 1. The molecule has 3 aromatic carbocycles. The Kier molecular flexibility index (Phi) is 5.00. The minimum atomic E-state index is -1.06. The van der Waals surface area contributed by atoms with Crippen LogP contribution in [0.1, 0.15) is 27.0 Å². The van der Waals surface area contributed by atoms with E-state index in [2.05, 4.69) is 5.32 Å².